The zero-order valence-electron chi connectivity index (χ0n) is 20.2. The Labute approximate surface area is 210 Å². The standard InChI is InChI=1S/C26H34N4O4S/c1-34-15-13-27-25(33)23-20-11-5-6-12-21(20)35-26(23)29-22(31)17-30-14-7-8-18(16-30)24(32)28-19-9-3-2-4-10-19/h2-4,9-10,18H,5-8,11-17H2,1H3,(H,27,33)(H,28,32)(H,29,31)/t18-/m0/s1. The van der Waals surface area contributed by atoms with E-state index in [2.05, 4.69) is 16.0 Å². The highest BCUT2D eigenvalue weighted by Gasteiger charge is 2.29. The molecule has 0 bridgehead atoms. The molecule has 0 spiro atoms. The summed E-state index contributed by atoms with van der Waals surface area (Å²) in [6.07, 6.45) is 5.62. The Morgan fingerprint density at radius 1 is 1.09 bits per heavy atom. The topological polar surface area (TPSA) is 99.8 Å². The minimum absolute atomic E-state index is 0.0118. The number of carbonyl (C=O) groups is 3. The number of hydrogen-bond acceptors (Lipinski definition) is 6. The van der Waals surface area contributed by atoms with E-state index in [1.54, 1.807) is 7.11 Å². The van der Waals surface area contributed by atoms with Gasteiger partial charge in [0.05, 0.1) is 24.6 Å². The van der Waals surface area contributed by atoms with Crippen molar-refractivity contribution >= 4 is 39.7 Å². The van der Waals surface area contributed by atoms with Gasteiger partial charge >= 0.3 is 0 Å². The van der Waals surface area contributed by atoms with E-state index >= 15 is 0 Å². The first-order valence-corrected chi connectivity index (χ1v) is 13.2. The van der Waals surface area contributed by atoms with Gasteiger partial charge in [-0.2, -0.15) is 0 Å². The third-order valence-corrected chi connectivity index (χ3v) is 7.74. The number of benzene rings is 1. The van der Waals surface area contributed by atoms with Gasteiger partial charge in [0.25, 0.3) is 5.91 Å². The average Bonchev–Trinajstić information content (AvgIpc) is 3.22. The van der Waals surface area contributed by atoms with Gasteiger partial charge in [-0.3, -0.25) is 19.3 Å². The molecule has 4 rings (SSSR count). The number of thiophene rings is 1. The van der Waals surface area contributed by atoms with Crippen LogP contribution in [0.4, 0.5) is 10.7 Å². The van der Waals surface area contributed by atoms with Crippen molar-refractivity contribution in [2.75, 3.05) is 50.5 Å². The van der Waals surface area contributed by atoms with Gasteiger partial charge in [0.15, 0.2) is 0 Å². The number of nitrogens with one attached hydrogen (secondary N) is 3. The molecule has 1 atom stereocenters. The molecule has 1 aliphatic heterocycles. The van der Waals surface area contributed by atoms with Crippen LogP contribution in [0.5, 0.6) is 0 Å². The number of anilines is 2. The molecule has 1 aliphatic carbocycles. The minimum atomic E-state index is -0.160. The first kappa shape index (κ1) is 25.3. The van der Waals surface area contributed by atoms with E-state index in [1.807, 2.05) is 35.2 Å². The first-order chi connectivity index (χ1) is 17.0. The third kappa shape index (κ3) is 6.68. The largest absolute Gasteiger partial charge is 0.383 e. The zero-order valence-corrected chi connectivity index (χ0v) is 21.0. The molecule has 1 fully saturated rings. The lowest BCUT2D eigenvalue weighted by molar-refractivity contribution is -0.123. The number of likely N-dealkylation sites (tertiary alicyclic amines) is 1. The van der Waals surface area contributed by atoms with Crippen molar-refractivity contribution < 1.29 is 19.1 Å². The summed E-state index contributed by atoms with van der Waals surface area (Å²) in [4.78, 5) is 41.9. The van der Waals surface area contributed by atoms with E-state index in [0.717, 1.165) is 56.3 Å². The zero-order chi connectivity index (χ0) is 24.6. The van der Waals surface area contributed by atoms with Gasteiger partial charge in [-0.15, -0.1) is 11.3 Å². The number of nitrogens with zero attached hydrogens (tertiary/aromatic N) is 1. The Morgan fingerprint density at radius 3 is 2.69 bits per heavy atom. The van der Waals surface area contributed by atoms with Crippen LogP contribution in [0.1, 0.15) is 46.5 Å². The van der Waals surface area contributed by atoms with Gasteiger partial charge in [0, 0.05) is 30.8 Å². The van der Waals surface area contributed by atoms with E-state index in [0.29, 0.717) is 30.3 Å². The van der Waals surface area contributed by atoms with Crippen LogP contribution in [0.3, 0.4) is 0 Å². The molecule has 8 nitrogen and oxygen atoms in total. The Morgan fingerprint density at radius 2 is 1.89 bits per heavy atom. The summed E-state index contributed by atoms with van der Waals surface area (Å²) in [5.74, 6) is -0.485. The summed E-state index contributed by atoms with van der Waals surface area (Å²) in [7, 11) is 1.60. The van der Waals surface area contributed by atoms with Crippen molar-refractivity contribution in [2.45, 2.75) is 38.5 Å². The summed E-state index contributed by atoms with van der Waals surface area (Å²) in [6, 6.07) is 9.43. The normalized spacial score (nSPS) is 17.9. The molecule has 35 heavy (non-hydrogen) atoms. The van der Waals surface area contributed by atoms with Crippen LogP contribution in [0.2, 0.25) is 0 Å². The molecule has 1 saturated heterocycles. The number of aryl methyl sites for hydroxylation is 1. The molecule has 1 aromatic carbocycles. The van der Waals surface area contributed by atoms with Crippen LogP contribution < -0.4 is 16.0 Å². The lowest BCUT2D eigenvalue weighted by atomic mass is 9.95. The average molecular weight is 499 g/mol. The number of amides is 3. The highest BCUT2D eigenvalue weighted by molar-refractivity contribution is 7.17. The molecule has 3 N–H and O–H groups in total. The highest BCUT2D eigenvalue weighted by Crippen LogP contribution is 2.38. The molecular weight excluding hydrogens is 464 g/mol. The fraction of sp³-hybridized carbons (Fsp3) is 0.500. The number of methoxy groups -OCH3 is 1. The molecule has 2 heterocycles. The van der Waals surface area contributed by atoms with Crippen molar-refractivity contribution in [3.8, 4) is 0 Å². The smallest absolute Gasteiger partial charge is 0.254 e. The van der Waals surface area contributed by atoms with Crippen molar-refractivity contribution in [2.24, 2.45) is 5.92 Å². The van der Waals surface area contributed by atoms with Crippen molar-refractivity contribution in [3.05, 3.63) is 46.3 Å². The number of fused-ring (bicyclic) bond motifs is 1. The van der Waals surface area contributed by atoms with E-state index < -0.39 is 0 Å². The maximum Gasteiger partial charge on any atom is 0.254 e. The molecule has 1 aromatic heterocycles. The number of ether oxygens (including phenoxy) is 1. The molecule has 2 aromatic rings. The second-order valence-corrected chi connectivity index (χ2v) is 10.2. The monoisotopic (exact) mass is 498 g/mol. The first-order valence-electron chi connectivity index (χ1n) is 12.3. The van der Waals surface area contributed by atoms with Crippen LogP contribution in [-0.4, -0.2) is 62.5 Å². The van der Waals surface area contributed by atoms with Crippen molar-refractivity contribution in [3.63, 3.8) is 0 Å². The Hall–Kier alpha value is -2.75. The van der Waals surface area contributed by atoms with Crippen LogP contribution in [0.25, 0.3) is 0 Å². The maximum absolute atomic E-state index is 13.0. The predicted molar refractivity (Wildman–Crippen MR) is 138 cm³/mol. The summed E-state index contributed by atoms with van der Waals surface area (Å²) < 4.78 is 5.04. The summed E-state index contributed by atoms with van der Waals surface area (Å²) in [5, 5.41) is 9.53. The number of para-hydroxylation sites is 1. The van der Waals surface area contributed by atoms with Gasteiger partial charge in [0.2, 0.25) is 11.8 Å². The summed E-state index contributed by atoms with van der Waals surface area (Å²) in [5.41, 5.74) is 2.46. The van der Waals surface area contributed by atoms with Crippen LogP contribution in [0, 0.1) is 5.92 Å². The molecule has 9 heteroatoms. The second-order valence-electron chi connectivity index (χ2n) is 9.14. The Balaban J connectivity index is 1.37. The SMILES string of the molecule is COCCNC(=O)c1c(NC(=O)CN2CCC[C@H](C(=O)Nc3ccccc3)C2)sc2c1CCCC2. The minimum Gasteiger partial charge on any atom is -0.383 e. The number of piperidine rings is 1. The van der Waals surface area contributed by atoms with E-state index in [1.165, 1.54) is 16.2 Å². The highest BCUT2D eigenvalue weighted by atomic mass is 32.1. The van der Waals surface area contributed by atoms with Crippen molar-refractivity contribution in [1.29, 1.82) is 0 Å². The molecule has 0 unspecified atom stereocenters. The molecule has 3 amide bonds. The van der Waals surface area contributed by atoms with Crippen LogP contribution in [0.15, 0.2) is 30.3 Å². The second kappa shape index (κ2) is 12.3. The number of carbonyl (C=O) groups excluding carboxylic acids is 3. The van der Waals surface area contributed by atoms with Gasteiger partial charge in [-0.25, -0.2) is 0 Å². The molecule has 2 aliphatic rings. The lowest BCUT2D eigenvalue weighted by Crippen LogP contribution is -2.44. The van der Waals surface area contributed by atoms with Crippen LogP contribution >= 0.6 is 11.3 Å². The number of rotatable bonds is 9. The van der Waals surface area contributed by atoms with E-state index in [-0.39, 0.29) is 30.2 Å². The van der Waals surface area contributed by atoms with Gasteiger partial charge in [-0.05, 0) is 62.8 Å². The molecule has 0 radical (unpaired) electrons. The predicted octanol–water partition coefficient (Wildman–Crippen LogP) is 3.29. The summed E-state index contributed by atoms with van der Waals surface area (Å²) in [6.45, 7) is 2.37. The molecule has 188 valence electrons. The fourth-order valence-electron chi connectivity index (χ4n) is 4.80. The lowest BCUT2D eigenvalue weighted by Gasteiger charge is -2.31. The maximum atomic E-state index is 13.0. The molecule has 0 saturated carbocycles. The van der Waals surface area contributed by atoms with Crippen LogP contribution in [-0.2, 0) is 27.2 Å². The molecular formula is C26H34N4O4S. The van der Waals surface area contributed by atoms with Gasteiger partial charge in [-0.1, -0.05) is 18.2 Å². The Kier molecular flexibility index (Phi) is 8.90. The van der Waals surface area contributed by atoms with Crippen molar-refractivity contribution in [1.82, 2.24) is 10.2 Å². The van der Waals surface area contributed by atoms with Gasteiger partial charge < -0.3 is 20.7 Å². The quantitative estimate of drug-likeness (QED) is 0.461. The summed E-state index contributed by atoms with van der Waals surface area (Å²) >= 11 is 1.52. The fourth-order valence-corrected chi connectivity index (χ4v) is 6.10. The van der Waals surface area contributed by atoms with E-state index in [9.17, 15) is 14.4 Å². The third-order valence-electron chi connectivity index (χ3n) is 6.53. The Bertz CT molecular complexity index is 1040. The number of hydrogen-bond donors (Lipinski definition) is 3. The van der Waals surface area contributed by atoms with E-state index in [4.69, 9.17) is 4.74 Å². The van der Waals surface area contributed by atoms with Gasteiger partial charge in [0.1, 0.15) is 5.00 Å².